The van der Waals surface area contributed by atoms with E-state index in [1.54, 1.807) is 6.07 Å². The fraction of sp³-hybridized carbons (Fsp3) is 0.360. The Kier molecular flexibility index (Phi) is 6.44. The molecule has 0 spiro atoms. The molecule has 2 aromatic rings. The Hall–Kier alpha value is -2.15. The Morgan fingerprint density at radius 1 is 1.08 bits per heavy atom. The van der Waals surface area contributed by atoms with Gasteiger partial charge in [0, 0.05) is 11.5 Å². The molecule has 0 radical (unpaired) electrons. The van der Waals surface area contributed by atoms with E-state index in [4.69, 9.17) is 0 Å². The molecule has 0 nitrogen and oxygen atoms in total. The molecule has 0 saturated carbocycles. The van der Waals surface area contributed by atoms with E-state index in [-0.39, 0.29) is 5.82 Å². The molecule has 0 aliphatic heterocycles. The molecular weight excluding hydrogens is 319 g/mol. The molecule has 0 bridgehead atoms. The predicted octanol–water partition coefficient (Wildman–Crippen LogP) is 7.46. The first kappa shape index (κ1) is 18.6. The zero-order valence-electron chi connectivity index (χ0n) is 15.8. The second-order valence-corrected chi connectivity index (χ2v) is 7.38. The van der Waals surface area contributed by atoms with Gasteiger partial charge in [-0.3, -0.25) is 0 Å². The SMILES string of the molecule is C=CCCC1C=CC(c2ccc(-c3ccc(CCC)cc3)c(F)c2)CC1. The van der Waals surface area contributed by atoms with E-state index in [1.807, 2.05) is 24.3 Å². The van der Waals surface area contributed by atoms with Crippen molar-refractivity contribution in [3.8, 4) is 11.1 Å². The molecule has 136 valence electrons. The lowest BCUT2D eigenvalue weighted by atomic mass is 9.82. The number of allylic oxidation sites excluding steroid dienone is 3. The van der Waals surface area contributed by atoms with E-state index in [1.165, 1.54) is 18.4 Å². The Bertz CT molecular complexity index is 754. The standard InChI is InChI=1S/C25H29F/c1-3-5-7-20-8-12-21(13-9-20)23-16-17-24(25(26)18-23)22-14-10-19(6-4-2)11-15-22/h3,8,10-12,14-18,20-21H,1,4-7,9,13H2,2H3. The molecule has 1 aliphatic rings. The number of benzene rings is 2. The van der Waals surface area contributed by atoms with Gasteiger partial charge in [-0.15, -0.1) is 6.58 Å². The van der Waals surface area contributed by atoms with Crippen LogP contribution in [0.5, 0.6) is 0 Å². The minimum atomic E-state index is -0.118. The second kappa shape index (κ2) is 8.98. The molecule has 0 fully saturated rings. The van der Waals surface area contributed by atoms with Crippen LogP contribution in [0.3, 0.4) is 0 Å². The quantitative estimate of drug-likeness (QED) is 0.455. The van der Waals surface area contributed by atoms with Crippen molar-refractivity contribution in [1.29, 1.82) is 0 Å². The number of aryl methyl sites for hydroxylation is 1. The Morgan fingerprint density at radius 3 is 2.50 bits per heavy atom. The monoisotopic (exact) mass is 348 g/mol. The van der Waals surface area contributed by atoms with Crippen molar-refractivity contribution in [2.45, 2.75) is 51.4 Å². The molecule has 2 atom stereocenters. The Labute approximate surface area is 157 Å². The van der Waals surface area contributed by atoms with E-state index in [9.17, 15) is 4.39 Å². The fourth-order valence-electron chi connectivity index (χ4n) is 3.86. The van der Waals surface area contributed by atoms with Gasteiger partial charge in [-0.2, -0.15) is 0 Å². The first-order chi connectivity index (χ1) is 12.7. The number of hydrogen-bond donors (Lipinski definition) is 0. The van der Waals surface area contributed by atoms with Crippen LogP contribution in [0.4, 0.5) is 4.39 Å². The van der Waals surface area contributed by atoms with Gasteiger partial charge >= 0.3 is 0 Å². The van der Waals surface area contributed by atoms with Crippen molar-refractivity contribution in [2.75, 3.05) is 0 Å². The first-order valence-corrected chi connectivity index (χ1v) is 9.89. The van der Waals surface area contributed by atoms with Crippen molar-refractivity contribution in [3.63, 3.8) is 0 Å². The molecule has 0 amide bonds. The summed E-state index contributed by atoms with van der Waals surface area (Å²) in [5.74, 6) is 0.869. The van der Waals surface area contributed by atoms with Gasteiger partial charge in [0.25, 0.3) is 0 Å². The molecular formula is C25H29F. The first-order valence-electron chi connectivity index (χ1n) is 9.89. The van der Waals surface area contributed by atoms with E-state index in [0.29, 0.717) is 17.4 Å². The van der Waals surface area contributed by atoms with Crippen LogP contribution in [0.25, 0.3) is 11.1 Å². The van der Waals surface area contributed by atoms with Crippen LogP contribution in [-0.4, -0.2) is 0 Å². The van der Waals surface area contributed by atoms with E-state index < -0.39 is 0 Å². The molecule has 26 heavy (non-hydrogen) atoms. The summed E-state index contributed by atoms with van der Waals surface area (Å²) in [6, 6.07) is 14.1. The van der Waals surface area contributed by atoms with Crippen molar-refractivity contribution in [2.24, 2.45) is 5.92 Å². The van der Waals surface area contributed by atoms with Crippen LogP contribution < -0.4 is 0 Å². The maximum atomic E-state index is 14.7. The fourth-order valence-corrected chi connectivity index (χ4v) is 3.86. The van der Waals surface area contributed by atoms with Crippen molar-refractivity contribution >= 4 is 0 Å². The van der Waals surface area contributed by atoms with Gasteiger partial charge in [0.15, 0.2) is 0 Å². The summed E-state index contributed by atoms with van der Waals surface area (Å²) in [7, 11) is 0. The molecule has 0 aromatic heterocycles. The second-order valence-electron chi connectivity index (χ2n) is 7.38. The zero-order chi connectivity index (χ0) is 18.4. The molecule has 3 rings (SSSR count). The number of halogens is 1. The minimum absolute atomic E-state index is 0.118. The van der Waals surface area contributed by atoms with Gasteiger partial charge in [0.05, 0.1) is 0 Å². The average molecular weight is 349 g/mol. The highest BCUT2D eigenvalue weighted by Crippen LogP contribution is 2.34. The number of rotatable bonds is 7. The molecule has 1 heteroatoms. The van der Waals surface area contributed by atoms with E-state index in [2.05, 4.69) is 43.9 Å². The lowest BCUT2D eigenvalue weighted by Crippen LogP contribution is -2.08. The topological polar surface area (TPSA) is 0 Å². The highest BCUT2D eigenvalue weighted by molar-refractivity contribution is 5.65. The predicted molar refractivity (Wildman–Crippen MR) is 110 cm³/mol. The van der Waals surface area contributed by atoms with Gasteiger partial charge in [-0.1, -0.05) is 68.0 Å². The van der Waals surface area contributed by atoms with Gasteiger partial charge in [0.1, 0.15) is 5.82 Å². The van der Waals surface area contributed by atoms with Crippen LogP contribution in [0.15, 0.2) is 67.3 Å². The molecule has 2 aromatic carbocycles. The lowest BCUT2D eigenvalue weighted by molar-refractivity contribution is 0.484. The third-order valence-electron chi connectivity index (χ3n) is 5.43. The molecule has 0 heterocycles. The van der Waals surface area contributed by atoms with E-state index in [0.717, 1.165) is 36.8 Å². The van der Waals surface area contributed by atoms with E-state index >= 15 is 0 Å². The molecule has 1 aliphatic carbocycles. The molecule has 0 saturated heterocycles. The smallest absolute Gasteiger partial charge is 0.131 e. The summed E-state index contributed by atoms with van der Waals surface area (Å²) in [4.78, 5) is 0. The summed E-state index contributed by atoms with van der Waals surface area (Å²) < 4.78 is 14.7. The van der Waals surface area contributed by atoms with Crippen LogP contribution >= 0.6 is 0 Å². The maximum Gasteiger partial charge on any atom is 0.131 e. The Morgan fingerprint density at radius 2 is 1.88 bits per heavy atom. The van der Waals surface area contributed by atoms with Gasteiger partial charge in [-0.05, 0) is 60.8 Å². The summed E-state index contributed by atoms with van der Waals surface area (Å²) in [5, 5.41) is 0. The number of hydrogen-bond acceptors (Lipinski definition) is 0. The third-order valence-corrected chi connectivity index (χ3v) is 5.43. The normalized spacial score (nSPS) is 19.5. The molecule has 0 N–H and O–H groups in total. The van der Waals surface area contributed by atoms with Gasteiger partial charge in [-0.25, -0.2) is 4.39 Å². The van der Waals surface area contributed by atoms with Crippen LogP contribution in [0.2, 0.25) is 0 Å². The Balaban J connectivity index is 1.72. The van der Waals surface area contributed by atoms with Crippen molar-refractivity contribution in [1.82, 2.24) is 0 Å². The average Bonchev–Trinajstić information content (AvgIpc) is 2.68. The minimum Gasteiger partial charge on any atom is -0.206 e. The van der Waals surface area contributed by atoms with Crippen molar-refractivity contribution in [3.05, 3.63) is 84.2 Å². The summed E-state index contributed by atoms with van der Waals surface area (Å²) >= 11 is 0. The van der Waals surface area contributed by atoms with Crippen LogP contribution in [0, 0.1) is 11.7 Å². The lowest BCUT2D eigenvalue weighted by Gasteiger charge is -2.23. The van der Waals surface area contributed by atoms with Crippen LogP contribution in [-0.2, 0) is 6.42 Å². The third kappa shape index (κ3) is 4.52. The van der Waals surface area contributed by atoms with Crippen LogP contribution in [0.1, 0.15) is 56.1 Å². The highest BCUT2D eigenvalue weighted by Gasteiger charge is 2.18. The maximum absolute atomic E-state index is 14.7. The van der Waals surface area contributed by atoms with Crippen molar-refractivity contribution < 1.29 is 4.39 Å². The molecule has 2 unspecified atom stereocenters. The van der Waals surface area contributed by atoms with Gasteiger partial charge in [0.2, 0.25) is 0 Å². The summed E-state index contributed by atoms with van der Waals surface area (Å²) in [6.45, 7) is 5.97. The summed E-state index contributed by atoms with van der Waals surface area (Å²) in [6.07, 6.45) is 13.3. The zero-order valence-corrected chi connectivity index (χ0v) is 15.8. The highest BCUT2D eigenvalue weighted by atomic mass is 19.1. The van der Waals surface area contributed by atoms with Gasteiger partial charge < -0.3 is 0 Å². The largest absolute Gasteiger partial charge is 0.206 e. The summed E-state index contributed by atoms with van der Waals surface area (Å²) in [5.41, 5.74) is 4.05.